The van der Waals surface area contributed by atoms with E-state index < -0.39 is 32.6 Å². The standard InChI is InChI=1S/C9H6ClIO4/c1-5(12)14-11-8-4-6(10)2-3-7(8)9(13)15-11/h2-4H,1H3. The molecule has 0 radical (unpaired) electrons. The van der Waals surface area contributed by atoms with E-state index in [-0.39, 0.29) is 0 Å². The molecular weight excluding hydrogens is 334 g/mol. The number of benzene rings is 1. The van der Waals surface area contributed by atoms with E-state index in [4.69, 9.17) is 17.7 Å². The minimum absolute atomic E-state index is 0.437. The van der Waals surface area contributed by atoms with Crippen LogP contribution >= 0.6 is 32.3 Å². The Morgan fingerprint density at radius 3 is 2.93 bits per heavy atom. The molecule has 0 saturated carbocycles. The van der Waals surface area contributed by atoms with Crippen molar-refractivity contribution in [3.05, 3.63) is 32.4 Å². The van der Waals surface area contributed by atoms with E-state index in [1.165, 1.54) is 6.92 Å². The summed E-state index contributed by atoms with van der Waals surface area (Å²) in [6, 6.07) is 4.81. The predicted molar refractivity (Wildman–Crippen MR) is 61.4 cm³/mol. The summed E-state index contributed by atoms with van der Waals surface area (Å²) < 4.78 is 10.6. The van der Waals surface area contributed by atoms with Gasteiger partial charge in [-0.15, -0.1) is 0 Å². The zero-order chi connectivity index (χ0) is 11.0. The van der Waals surface area contributed by atoms with Crippen LogP contribution in [0.5, 0.6) is 0 Å². The molecule has 1 aromatic rings. The van der Waals surface area contributed by atoms with Crippen LogP contribution in [0.1, 0.15) is 17.3 Å². The van der Waals surface area contributed by atoms with Gasteiger partial charge in [0, 0.05) is 0 Å². The molecule has 0 saturated heterocycles. The number of rotatable bonds is 1. The molecule has 0 atom stereocenters. The second-order valence-electron chi connectivity index (χ2n) is 2.77. The monoisotopic (exact) mass is 340 g/mol. The zero-order valence-corrected chi connectivity index (χ0v) is 10.5. The van der Waals surface area contributed by atoms with Gasteiger partial charge >= 0.3 is 99.2 Å². The average Bonchev–Trinajstić information content (AvgIpc) is 2.42. The molecule has 4 nitrogen and oxygen atoms in total. The Hall–Kier alpha value is -0.820. The Morgan fingerprint density at radius 1 is 1.53 bits per heavy atom. The number of hydrogen-bond acceptors (Lipinski definition) is 4. The maximum atomic E-state index is 11.4. The van der Waals surface area contributed by atoms with Crippen molar-refractivity contribution >= 4 is 44.2 Å². The van der Waals surface area contributed by atoms with E-state index in [1.807, 2.05) is 0 Å². The Kier molecular flexibility index (Phi) is 2.83. The number of halogens is 2. The van der Waals surface area contributed by atoms with Crippen molar-refractivity contribution in [1.82, 2.24) is 0 Å². The summed E-state index contributed by atoms with van der Waals surface area (Å²) in [4.78, 5) is 22.1. The first-order chi connectivity index (χ1) is 7.08. The van der Waals surface area contributed by atoms with Gasteiger partial charge in [-0.05, 0) is 0 Å². The van der Waals surface area contributed by atoms with Gasteiger partial charge in [0.15, 0.2) is 0 Å². The molecule has 15 heavy (non-hydrogen) atoms. The summed E-state index contributed by atoms with van der Waals surface area (Å²) >= 11 is 3.20. The number of carbonyl (C=O) groups excluding carboxylic acids is 2. The van der Waals surface area contributed by atoms with Gasteiger partial charge in [-0.2, -0.15) is 0 Å². The van der Waals surface area contributed by atoms with Crippen LogP contribution in [0.25, 0.3) is 0 Å². The van der Waals surface area contributed by atoms with Gasteiger partial charge in [0.1, 0.15) is 0 Å². The fraction of sp³-hybridized carbons (Fsp3) is 0.111. The van der Waals surface area contributed by atoms with E-state index in [2.05, 4.69) is 0 Å². The van der Waals surface area contributed by atoms with E-state index >= 15 is 0 Å². The summed E-state index contributed by atoms with van der Waals surface area (Å²) in [5.41, 5.74) is 0.450. The summed E-state index contributed by atoms with van der Waals surface area (Å²) in [6.45, 7) is 1.29. The van der Waals surface area contributed by atoms with Crippen LogP contribution in [0.15, 0.2) is 18.2 Å². The SMILES string of the molecule is CC(=O)OI1OC(=O)c2ccc(Cl)cc21. The van der Waals surface area contributed by atoms with Gasteiger partial charge in [0.2, 0.25) is 0 Å². The Morgan fingerprint density at radius 2 is 2.27 bits per heavy atom. The van der Waals surface area contributed by atoms with E-state index in [0.29, 0.717) is 14.2 Å². The van der Waals surface area contributed by atoms with Crippen molar-refractivity contribution in [3.8, 4) is 0 Å². The van der Waals surface area contributed by atoms with Crippen molar-refractivity contribution in [3.63, 3.8) is 0 Å². The molecule has 6 heteroatoms. The van der Waals surface area contributed by atoms with Crippen LogP contribution in [0, 0.1) is 3.57 Å². The normalized spacial score (nSPS) is 15.9. The number of hydrogen-bond donors (Lipinski definition) is 0. The van der Waals surface area contributed by atoms with Crippen LogP contribution in [0.2, 0.25) is 5.02 Å². The van der Waals surface area contributed by atoms with Crippen molar-refractivity contribution in [1.29, 1.82) is 0 Å². The van der Waals surface area contributed by atoms with Gasteiger partial charge in [-0.1, -0.05) is 0 Å². The summed E-state index contributed by atoms with van der Waals surface area (Å²) in [7, 11) is 0. The Bertz CT molecular complexity index is 444. The summed E-state index contributed by atoms with van der Waals surface area (Å²) in [5.74, 6) is -0.881. The zero-order valence-electron chi connectivity index (χ0n) is 7.62. The molecule has 0 fully saturated rings. The molecule has 1 aliphatic rings. The first-order valence-corrected chi connectivity index (χ1v) is 7.21. The first kappa shape index (κ1) is 10.7. The van der Waals surface area contributed by atoms with Gasteiger partial charge < -0.3 is 0 Å². The molecule has 1 heterocycles. The van der Waals surface area contributed by atoms with Crippen LogP contribution in [-0.4, -0.2) is 11.9 Å². The van der Waals surface area contributed by atoms with Crippen molar-refractivity contribution < 1.29 is 15.7 Å². The molecule has 0 N–H and O–H groups in total. The van der Waals surface area contributed by atoms with Crippen molar-refractivity contribution in [2.75, 3.05) is 0 Å². The fourth-order valence-electron chi connectivity index (χ4n) is 1.09. The Labute approximate surface area is 99.0 Å². The maximum absolute atomic E-state index is 11.4. The molecule has 1 aromatic carbocycles. The van der Waals surface area contributed by atoms with Crippen LogP contribution in [0.4, 0.5) is 0 Å². The second-order valence-corrected chi connectivity index (χ2v) is 6.49. The van der Waals surface area contributed by atoms with Gasteiger partial charge in [0.25, 0.3) is 0 Å². The van der Waals surface area contributed by atoms with Gasteiger partial charge in [0.05, 0.1) is 0 Å². The van der Waals surface area contributed by atoms with E-state index in [1.54, 1.807) is 18.2 Å². The van der Waals surface area contributed by atoms with E-state index in [9.17, 15) is 9.59 Å². The topological polar surface area (TPSA) is 52.6 Å². The average molecular weight is 341 g/mol. The molecule has 0 aliphatic carbocycles. The third kappa shape index (κ3) is 2.07. The van der Waals surface area contributed by atoms with Crippen LogP contribution in [0.3, 0.4) is 0 Å². The molecule has 0 bridgehead atoms. The van der Waals surface area contributed by atoms with Crippen LogP contribution < -0.4 is 0 Å². The Balaban J connectivity index is 2.39. The molecule has 2 rings (SSSR count). The van der Waals surface area contributed by atoms with Crippen molar-refractivity contribution in [2.45, 2.75) is 6.92 Å². The quantitative estimate of drug-likeness (QED) is 0.737. The number of carbonyl (C=O) groups is 2. The first-order valence-electron chi connectivity index (χ1n) is 3.99. The summed E-state index contributed by atoms with van der Waals surface area (Å²) in [5, 5.41) is 0.501. The number of fused-ring (bicyclic) bond motifs is 1. The molecular formula is C9H6ClIO4. The summed E-state index contributed by atoms with van der Waals surface area (Å²) in [6.07, 6.45) is 0. The fourth-order valence-corrected chi connectivity index (χ4v) is 4.63. The molecule has 0 amide bonds. The third-order valence-electron chi connectivity index (χ3n) is 1.64. The third-order valence-corrected chi connectivity index (χ3v) is 5.53. The molecule has 80 valence electrons. The molecule has 1 aliphatic heterocycles. The van der Waals surface area contributed by atoms with Gasteiger partial charge in [-0.3, -0.25) is 0 Å². The predicted octanol–water partition coefficient (Wildman–Crippen LogP) is 2.58. The molecule has 0 aromatic heterocycles. The van der Waals surface area contributed by atoms with Crippen LogP contribution in [-0.2, 0) is 10.9 Å². The minimum atomic E-state index is -2.59. The van der Waals surface area contributed by atoms with E-state index in [0.717, 1.165) is 0 Å². The van der Waals surface area contributed by atoms with Crippen molar-refractivity contribution in [2.24, 2.45) is 0 Å². The molecule has 0 spiro atoms. The second kappa shape index (κ2) is 3.97. The molecule has 0 unspecified atom stereocenters. The van der Waals surface area contributed by atoms with Gasteiger partial charge in [-0.25, -0.2) is 0 Å².